The molecular formula is C14H11ClF5NO3S2. The third kappa shape index (κ3) is 4.92. The van der Waals surface area contributed by atoms with Gasteiger partial charge < -0.3 is 5.11 Å². The van der Waals surface area contributed by atoms with E-state index in [2.05, 4.69) is 0 Å². The summed E-state index contributed by atoms with van der Waals surface area (Å²) in [5.41, 5.74) is -0.860. The summed E-state index contributed by atoms with van der Waals surface area (Å²) in [7, 11) is -4.45. The fraction of sp³-hybridized carbons (Fsp3) is 0.286. The first-order chi connectivity index (χ1) is 11.9. The molecule has 0 radical (unpaired) electrons. The van der Waals surface area contributed by atoms with Gasteiger partial charge in [-0.05, 0) is 29.8 Å². The van der Waals surface area contributed by atoms with Crippen LogP contribution in [0, 0.1) is 11.6 Å². The number of halogens is 6. The van der Waals surface area contributed by atoms with E-state index in [0.29, 0.717) is 29.5 Å². The van der Waals surface area contributed by atoms with E-state index >= 15 is 0 Å². The number of nitrogens with one attached hydrogen (secondary N) is 1. The van der Waals surface area contributed by atoms with E-state index in [1.54, 1.807) is 4.72 Å². The van der Waals surface area contributed by atoms with Crippen molar-refractivity contribution >= 4 is 33.0 Å². The van der Waals surface area contributed by atoms with Gasteiger partial charge in [0, 0.05) is 6.07 Å². The molecule has 12 heteroatoms. The van der Waals surface area contributed by atoms with Crippen molar-refractivity contribution in [2.45, 2.75) is 22.3 Å². The number of hydrogen-bond acceptors (Lipinski definition) is 4. The predicted molar refractivity (Wildman–Crippen MR) is 85.7 cm³/mol. The third-order valence-corrected chi connectivity index (χ3v) is 6.53. The van der Waals surface area contributed by atoms with Gasteiger partial charge in [-0.2, -0.15) is 13.2 Å². The largest absolute Gasteiger partial charge is 0.397 e. The van der Waals surface area contributed by atoms with E-state index < -0.39 is 52.0 Å². The Bertz CT molecular complexity index is 865. The first-order valence-electron chi connectivity index (χ1n) is 6.85. The van der Waals surface area contributed by atoms with E-state index in [0.717, 1.165) is 6.07 Å². The molecule has 144 valence electrons. The zero-order valence-electron chi connectivity index (χ0n) is 12.6. The highest BCUT2D eigenvalue weighted by atomic mass is 35.5. The fourth-order valence-corrected chi connectivity index (χ4v) is 5.05. The lowest BCUT2D eigenvalue weighted by Gasteiger charge is -2.28. The van der Waals surface area contributed by atoms with Gasteiger partial charge in [-0.15, -0.1) is 11.3 Å². The maximum absolute atomic E-state index is 13.5. The summed E-state index contributed by atoms with van der Waals surface area (Å²) in [5.74, 6) is -5.21. The quantitative estimate of drug-likeness (QED) is 0.680. The van der Waals surface area contributed by atoms with Crippen LogP contribution in [0.5, 0.6) is 0 Å². The fourth-order valence-electron chi connectivity index (χ4n) is 2.31. The number of thiophene rings is 1. The van der Waals surface area contributed by atoms with E-state index in [1.165, 1.54) is 6.07 Å². The van der Waals surface area contributed by atoms with Crippen LogP contribution < -0.4 is 4.72 Å². The minimum atomic E-state index is -5.09. The number of aliphatic hydroxyl groups excluding tert-OH is 1. The van der Waals surface area contributed by atoms with Crippen molar-refractivity contribution in [2.24, 2.45) is 0 Å². The zero-order valence-corrected chi connectivity index (χ0v) is 15.0. The Morgan fingerprint density at radius 2 is 1.73 bits per heavy atom. The zero-order chi connectivity index (χ0) is 19.7. The lowest BCUT2D eigenvalue weighted by Crippen LogP contribution is -2.46. The van der Waals surface area contributed by atoms with Gasteiger partial charge in [0.05, 0.1) is 22.9 Å². The Kier molecular flexibility index (Phi) is 6.28. The first kappa shape index (κ1) is 21.0. The summed E-state index contributed by atoms with van der Waals surface area (Å²) in [6.07, 6.45) is -5.09. The Balaban J connectivity index is 2.45. The average molecular weight is 436 g/mol. The average Bonchev–Trinajstić information content (AvgIpc) is 2.91. The van der Waals surface area contributed by atoms with Crippen LogP contribution >= 0.6 is 22.9 Å². The van der Waals surface area contributed by atoms with Crippen LogP contribution in [0.15, 0.2) is 34.5 Å². The molecule has 2 atom stereocenters. The maximum atomic E-state index is 13.5. The molecule has 2 N–H and O–H groups in total. The summed E-state index contributed by atoms with van der Waals surface area (Å²) in [6.45, 7) is -1.26. The summed E-state index contributed by atoms with van der Waals surface area (Å²) in [6, 6.07) is 1.44. The van der Waals surface area contributed by atoms with Gasteiger partial charge in [-0.1, -0.05) is 11.6 Å². The van der Waals surface area contributed by atoms with Crippen LogP contribution in [-0.2, 0) is 10.0 Å². The Hall–Kier alpha value is -1.27. The number of sulfonamides is 1. The summed E-state index contributed by atoms with van der Waals surface area (Å²) >= 11 is 6.22. The number of rotatable bonds is 6. The van der Waals surface area contributed by atoms with Crippen LogP contribution in [0.2, 0.25) is 4.34 Å². The smallest absolute Gasteiger partial charge is 0.395 e. The highest BCUT2D eigenvalue weighted by molar-refractivity contribution is 7.91. The molecule has 0 bridgehead atoms. The molecule has 2 aromatic rings. The Morgan fingerprint density at radius 3 is 2.15 bits per heavy atom. The van der Waals surface area contributed by atoms with Gasteiger partial charge in [-0.25, -0.2) is 21.9 Å². The molecule has 1 heterocycles. The lowest BCUT2D eigenvalue weighted by atomic mass is 9.91. The molecule has 26 heavy (non-hydrogen) atoms. The molecular weight excluding hydrogens is 425 g/mol. The molecule has 0 aliphatic heterocycles. The second-order valence-electron chi connectivity index (χ2n) is 5.19. The molecule has 2 rings (SSSR count). The van der Waals surface area contributed by atoms with Crippen LogP contribution in [0.1, 0.15) is 11.5 Å². The number of aliphatic hydroxyl groups is 1. The number of benzene rings is 1. The first-order valence-corrected chi connectivity index (χ1v) is 9.53. The van der Waals surface area contributed by atoms with Crippen LogP contribution in [0.25, 0.3) is 0 Å². The van der Waals surface area contributed by atoms with Crippen LogP contribution in [-0.4, -0.2) is 32.3 Å². The van der Waals surface area contributed by atoms with Crippen molar-refractivity contribution in [3.8, 4) is 0 Å². The minimum absolute atomic E-state index is 0.0884. The predicted octanol–water partition coefficient (Wildman–Crippen LogP) is 3.67. The minimum Gasteiger partial charge on any atom is -0.395 e. The van der Waals surface area contributed by atoms with Gasteiger partial charge in [0.2, 0.25) is 10.0 Å². The molecule has 0 saturated carbocycles. The molecule has 0 unspecified atom stereocenters. The topological polar surface area (TPSA) is 66.4 Å². The molecule has 0 spiro atoms. The molecule has 0 saturated heterocycles. The van der Waals surface area contributed by atoms with Crippen molar-refractivity contribution in [3.05, 3.63) is 51.9 Å². The highest BCUT2D eigenvalue weighted by Gasteiger charge is 2.47. The van der Waals surface area contributed by atoms with Crippen molar-refractivity contribution in [2.75, 3.05) is 6.61 Å². The van der Waals surface area contributed by atoms with Gasteiger partial charge in [0.15, 0.2) is 0 Å². The summed E-state index contributed by atoms with van der Waals surface area (Å²) in [5, 5.41) is 9.34. The van der Waals surface area contributed by atoms with Gasteiger partial charge in [0.25, 0.3) is 0 Å². The molecule has 1 aromatic carbocycles. The second-order valence-corrected chi connectivity index (χ2v) is 8.85. The van der Waals surface area contributed by atoms with E-state index in [-0.39, 0.29) is 8.55 Å². The molecule has 0 aliphatic carbocycles. The highest BCUT2D eigenvalue weighted by Crippen LogP contribution is 2.38. The number of alkyl halides is 3. The number of hydrogen-bond donors (Lipinski definition) is 2. The third-order valence-electron chi connectivity index (χ3n) is 3.32. The van der Waals surface area contributed by atoms with E-state index in [4.69, 9.17) is 11.6 Å². The summed E-state index contributed by atoms with van der Waals surface area (Å²) in [4.78, 5) is 0. The molecule has 0 fully saturated rings. The second kappa shape index (κ2) is 7.77. The molecule has 1 aromatic heterocycles. The van der Waals surface area contributed by atoms with Gasteiger partial charge in [0.1, 0.15) is 15.8 Å². The summed E-state index contributed by atoms with van der Waals surface area (Å²) < 4.78 is 93.0. The van der Waals surface area contributed by atoms with Crippen LogP contribution in [0.3, 0.4) is 0 Å². The standard InChI is InChI=1S/C14H11ClF5NO3S2/c15-11-1-2-12(25-11)26(23,24)21-10(6-22)13(14(18,19)20)7-3-8(16)5-9(17)4-7/h1-5,10,13,21-22H,6H2/t10-,13+/m1/s1. The van der Waals surface area contributed by atoms with Crippen molar-refractivity contribution in [1.29, 1.82) is 0 Å². The van der Waals surface area contributed by atoms with Gasteiger partial charge in [-0.3, -0.25) is 0 Å². The molecule has 4 nitrogen and oxygen atoms in total. The van der Waals surface area contributed by atoms with Gasteiger partial charge >= 0.3 is 6.18 Å². The van der Waals surface area contributed by atoms with Crippen molar-refractivity contribution < 1.29 is 35.5 Å². The monoisotopic (exact) mass is 435 g/mol. The van der Waals surface area contributed by atoms with Crippen molar-refractivity contribution in [3.63, 3.8) is 0 Å². The normalized spacial score (nSPS) is 15.0. The lowest BCUT2D eigenvalue weighted by molar-refractivity contribution is -0.158. The van der Waals surface area contributed by atoms with Crippen molar-refractivity contribution in [1.82, 2.24) is 4.72 Å². The van der Waals surface area contributed by atoms with Crippen LogP contribution in [0.4, 0.5) is 22.0 Å². The Labute approximate surface area is 154 Å². The van der Waals surface area contributed by atoms with E-state index in [1.807, 2.05) is 0 Å². The maximum Gasteiger partial charge on any atom is 0.397 e. The molecule has 0 aliphatic rings. The van der Waals surface area contributed by atoms with E-state index in [9.17, 15) is 35.5 Å². The SMILES string of the molecule is O=S(=O)(N[C@H](CO)[C@H](c1cc(F)cc(F)c1)C(F)(F)F)c1ccc(Cl)s1. The molecule has 0 amide bonds. The Morgan fingerprint density at radius 1 is 1.15 bits per heavy atom.